The van der Waals surface area contributed by atoms with Crippen LogP contribution in [0.1, 0.15) is 5.01 Å². The SMILES string of the molecule is Fc1cc(Cl)c(NCc2nc3ccccc3s2)c(Br)c1. The fourth-order valence-corrected chi connectivity index (χ4v) is 3.74. The second-order valence-electron chi connectivity index (χ2n) is 4.17. The van der Waals surface area contributed by atoms with Crippen LogP contribution in [0.4, 0.5) is 10.1 Å². The summed E-state index contributed by atoms with van der Waals surface area (Å²) >= 11 is 11.0. The van der Waals surface area contributed by atoms with Crippen molar-refractivity contribution in [2.45, 2.75) is 6.54 Å². The number of aromatic nitrogens is 1. The van der Waals surface area contributed by atoms with Crippen molar-refractivity contribution in [2.75, 3.05) is 5.32 Å². The van der Waals surface area contributed by atoms with E-state index in [1.165, 1.54) is 12.1 Å². The summed E-state index contributed by atoms with van der Waals surface area (Å²) in [5.41, 5.74) is 1.66. The van der Waals surface area contributed by atoms with E-state index < -0.39 is 0 Å². The zero-order chi connectivity index (χ0) is 14.1. The summed E-state index contributed by atoms with van der Waals surface area (Å²) in [5, 5.41) is 4.49. The first-order valence-corrected chi connectivity index (χ1v) is 7.85. The molecule has 0 radical (unpaired) electrons. The smallest absolute Gasteiger partial charge is 0.125 e. The molecule has 0 amide bonds. The number of anilines is 1. The quantitative estimate of drug-likeness (QED) is 0.661. The summed E-state index contributed by atoms with van der Waals surface area (Å²) in [4.78, 5) is 4.53. The van der Waals surface area contributed by atoms with Gasteiger partial charge in [0.1, 0.15) is 10.8 Å². The van der Waals surface area contributed by atoms with Crippen LogP contribution in [0.5, 0.6) is 0 Å². The molecule has 3 aromatic rings. The average Bonchev–Trinajstić information content (AvgIpc) is 2.80. The Morgan fingerprint density at radius 2 is 2.10 bits per heavy atom. The van der Waals surface area contributed by atoms with Crippen LogP contribution in [0, 0.1) is 5.82 Å². The van der Waals surface area contributed by atoms with Gasteiger partial charge in [-0.3, -0.25) is 0 Å². The van der Waals surface area contributed by atoms with Gasteiger partial charge in [0.2, 0.25) is 0 Å². The van der Waals surface area contributed by atoms with Gasteiger partial charge in [-0.05, 0) is 40.2 Å². The van der Waals surface area contributed by atoms with E-state index in [1.54, 1.807) is 11.3 Å². The summed E-state index contributed by atoms with van der Waals surface area (Å²) in [6.45, 7) is 0.545. The maximum Gasteiger partial charge on any atom is 0.125 e. The molecule has 0 saturated heterocycles. The van der Waals surface area contributed by atoms with Gasteiger partial charge in [0.05, 0.1) is 27.5 Å². The normalized spacial score (nSPS) is 10.9. The number of para-hydroxylation sites is 1. The number of benzene rings is 2. The molecule has 0 bridgehead atoms. The summed E-state index contributed by atoms with van der Waals surface area (Å²) in [7, 11) is 0. The molecule has 2 nitrogen and oxygen atoms in total. The topological polar surface area (TPSA) is 24.9 Å². The Morgan fingerprint density at radius 1 is 1.30 bits per heavy atom. The number of hydrogen-bond acceptors (Lipinski definition) is 3. The molecular formula is C14H9BrClFN2S. The molecule has 3 rings (SSSR count). The Bertz CT molecular complexity index is 719. The minimum absolute atomic E-state index is 0.345. The maximum atomic E-state index is 13.2. The minimum Gasteiger partial charge on any atom is -0.376 e. The Balaban J connectivity index is 1.83. The van der Waals surface area contributed by atoms with Gasteiger partial charge in [0.25, 0.3) is 0 Å². The van der Waals surface area contributed by atoms with Crippen LogP contribution in [-0.4, -0.2) is 4.98 Å². The van der Waals surface area contributed by atoms with E-state index in [4.69, 9.17) is 11.6 Å². The second-order valence-corrected chi connectivity index (χ2v) is 6.55. The highest BCUT2D eigenvalue weighted by atomic mass is 79.9. The second kappa shape index (κ2) is 5.68. The van der Waals surface area contributed by atoms with Crippen molar-refractivity contribution < 1.29 is 4.39 Å². The van der Waals surface area contributed by atoms with Gasteiger partial charge in [0.15, 0.2) is 0 Å². The third-order valence-electron chi connectivity index (χ3n) is 2.76. The molecule has 20 heavy (non-hydrogen) atoms. The zero-order valence-corrected chi connectivity index (χ0v) is 13.3. The lowest BCUT2D eigenvalue weighted by Gasteiger charge is -2.09. The number of nitrogens with zero attached hydrogens (tertiary/aromatic N) is 1. The minimum atomic E-state index is -0.368. The summed E-state index contributed by atoms with van der Waals surface area (Å²) in [6.07, 6.45) is 0. The molecule has 6 heteroatoms. The molecule has 0 spiro atoms. The highest BCUT2D eigenvalue weighted by molar-refractivity contribution is 9.10. The lowest BCUT2D eigenvalue weighted by Crippen LogP contribution is -2.00. The summed E-state index contributed by atoms with van der Waals surface area (Å²) in [5.74, 6) is -0.368. The zero-order valence-electron chi connectivity index (χ0n) is 10.2. The fraction of sp³-hybridized carbons (Fsp3) is 0.0714. The Morgan fingerprint density at radius 3 is 2.85 bits per heavy atom. The van der Waals surface area contributed by atoms with Crippen LogP contribution in [0.15, 0.2) is 40.9 Å². The van der Waals surface area contributed by atoms with E-state index in [0.717, 1.165) is 15.2 Å². The van der Waals surface area contributed by atoms with Crippen molar-refractivity contribution in [2.24, 2.45) is 0 Å². The standard InChI is InChI=1S/C14H9BrClFN2S/c15-9-5-8(17)6-10(16)14(9)18-7-13-19-11-3-1-2-4-12(11)20-13/h1-6,18H,7H2. The number of fused-ring (bicyclic) bond motifs is 1. The van der Waals surface area contributed by atoms with Crippen molar-refractivity contribution >= 4 is 54.8 Å². The van der Waals surface area contributed by atoms with Crippen LogP contribution < -0.4 is 5.32 Å². The molecule has 1 heterocycles. The first kappa shape index (κ1) is 13.8. The molecule has 1 N–H and O–H groups in total. The monoisotopic (exact) mass is 370 g/mol. The molecule has 0 aliphatic carbocycles. The van der Waals surface area contributed by atoms with Crippen molar-refractivity contribution in [3.05, 3.63) is 56.7 Å². The van der Waals surface area contributed by atoms with E-state index in [-0.39, 0.29) is 5.82 Å². The van der Waals surface area contributed by atoms with Crippen molar-refractivity contribution in [1.29, 1.82) is 0 Å². The lowest BCUT2D eigenvalue weighted by molar-refractivity contribution is 0.627. The van der Waals surface area contributed by atoms with E-state index in [9.17, 15) is 4.39 Å². The van der Waals surface area contributed by atoms with E-state index in [2.05, 4.69) is 26.2 Å². The molecule has 0 aliphatic heterocycles. The number of halogens is 3. The Kier molecular flexibility index (Phi) is 3.92. The molecular weight excluding hydrogens is 363 g/mol. The van der Waals surface area contributed by atoms with Crippen LogP contribution in [0.2, 0.25) is 5.02 Å². The molecule has 0 unspecified atom stereocenters. The number of hydrogen-bond donors (Lipinski definition) is 1. The fourth-order valence-electron chi connectivity index (χ4n) is 1.87. The van der Waals surface area contributed by atoms with Gasteiger partial charge < -0.3 is 5.32 Å². The maximum absolute atomic E-state index is 13.2. The van der Waals surface area contributed by atoms with Crippen molar-refractivity contribution in [3.8, 4) is 0 Å². The summed E-state index contributed by atoms with van der Waals surface area (Å²) < 4.78 is 14.9. The average molecular weight is 372 g/mol. The van der Waals surface area contributed by atoms with Gasteiger partial charge >= 0.3 is 0 Å². The molecule has 2 aromatic carbocycles. The Hall–Kier alpha value is -1.17. The third-order valence-corrected chi connectivity index (χ3v) is 4.72. The molecule has 0 fully saturated rings. The van der Waals surface area contributed by atoms with E-state index in [0.29, 0.717) is 21.7 Å². The van der Waals surface area contributed by atoms with Crippen molar-refractivity contribution in [3.63, 3.8) is 0 Å². The first-order valence-electron chi connectivity index (χ1n) is 5.86. The lowest BCUT2D eigenvalue weighted by atomic mass is 10.3. The van der Waals surface area contributed by atoms with Crippen LogP contribution in [0.25, 0.3) is 10.2 Å². The van der Waals surface area contributed by atoms with Gasteiger partial charge in [-0.2, -0.15) is 0 Å². The molecule has 1 aromatic heterocycles. The van der Waals surface area contributed by atoms with Crippen molar-refractivity contribution in [1.82, 2.24) is 4.98 Å². The largest absolute Gasteiger partial charge is 0.376 e. The first-order chi connectivity index (χ1) is 9.63. The Labute approximate surface area is 132 Å². The van der Waals surface area contributed by atoms with E-state index >= 15 is 0 Å². The van der Waals surface area contributed by atoms with Gasteiger partial charge in [-0.25, -0.2) is 9.37 Å². The number of nitrogens with one attached hydrogen (secondary N) is 1. The summed E-state index contributed by atoms with van der Waals surface area (Å²) in [6, 6.07) is 10.6. The van der Waals surface area contributed by atoms with Crippen LogP contribution >= 0.6 is 38.9 Å². The number of thiazole rings is 1. The number of rotatable bonds is 3. The predicted molar refractivity (Wildman–Crippen MR) is 86.1 cm³/mol. The van der Waals surface area contributed by atoms with Crippen LogP contribution in [-0.2, 0) is 6.54 Å². The third kappa shape index (κ3) is 2.80. The highest BCUT2D eigenvalue weighted by Crippen LogP contribution is 2.32. The highest BCUT2D eigenvalue weighted by Gasteiger charge is 2.09. The van der Waals surface area contributed by atoms with Gasteiger partial charge in [-0.15, -0.1) is 11.3 Å². The molecule has 102 valence electrons. The molecule has 0 aliphatic rings. The van der Waals surface area contributed by atoms with Crippen LogP contribution in [0.3, 0.4) is 0 Å². The van der Waals surface area contributed by atoms with Gasteiger partial charge in [-0.1, -0.05) is 23.7 Å². The van der Waals surface area contributed by atoms with Gasteiger partial charge in [0, 0.05) is 4.47 Å². The molecule has 0 atom stereocenters. The molecule has 0 saturated carbocycles. The van der Waals surface area contributed by atoms with E-state index in [1.807, 2.05) is 24.3 Å². The predicted octanol–water partition coefficient (Wildman–Crippen LogP) is 5.46.